The van der Waals surface area contributed by atoms with Gasteiger partial charge in [-0.3, -0.25) is 0 Å². The van der Waals surface area contributed by atoms with Crippen LogP contribution < -0.4 is 4.74 Å². The van der Waals surface area contributed by atoms with E-state index in [1.165, 1.54) is 25.3 Å². The molecule has 0 N–H and O–H groups in total. The average Bonchev–Trinajstić information content (AvgIpc) is 2.27. The van der Waals surface area contributed by atoms with E-state index in [1.54, 1.807) is 6.07 Å². The summed E-state index contributed by atoms with van der Waals surface area (Å²) in [5.41, 5.74) is 0.839. The second kappa shape index (κ2) is 5.80. The van der Waals surface area contributed by atoms with Gasteiger partial charge >= 0.3 is 0 Å². The van der Waals surface area contributed by atoms with E-state index in [0.717, 1.165) is 11.8 Å². The highest BCUT2D eigenvalue weighted by Gasteiger charge is 2.18. The van der Waals surface area contributed by atoms with Crippen LogP contribution in [0.15, 0.2) is 18.2 Å². The van der Waals surface area contributed by atoms with Gasteiger partial charge in [-0.1, -0.05) is 12.5 Å². The summed E-state index contributed by atoms with van der Waals surface area (Å²) < 4.78 is 19.1. The van der Waals surface area contributed by atoms with Crippen molar-refractivity contribution in [1.82, 2.24) is 0 Å². The van der Waals surface area contributed by atoms with Crippen molar-refractivity contribution in [1.29, 1.82) is 0 Å². The fourth-order valence-corrected chi connectivity index (χ4v) is 1.91. The minimum atomic E-state index is -0.326. The lowest BCUT2D eigenvalue weighted by molar-refractivity contribution is -0.107. The topological polar surface area (TPSA) is 26.3 Å². The third-order valence-electron chi connectivity index (χ3n) is 3.25. The van der Waals surface area contributed by atoms with E-state index < -0.39 is 0 Å². The number of carbonyl (C=O) groups is 1. The summed E-state index contributed by atoms with van der Waals surface area (Å²) in [5, 5.41) is 0. The van der Waals surface area contributed by atoms with Gasteiger partial charge in [0.15, 0.2) is 11.6 Å². The van der Waals surface area contributed by atoms with Crippen molar-refractivity contribution in [2.75, 3.05) is 6.61 Å². The summed E-state index contributed by atoms with van der Waals surface area (Å²) in [6.07, 6.45) is 5.52. The minimum absolute atomic E-state index is 0.326. The maximum Gasteiger partial charge on any atom is 0.165 e. The molecule has 1 aromatic carbocycles. The molecule has 0 spiro atoms. The summed E-state index contributed by atoms with van der Waals surface area (Å²) in [5.74, 6) is 0.601. The van der Waals surface area contributed by atoms with Gasteiger partial charge in [0.25, 0.3) is 0 Å². The predicted molar refractivity (Wildman–Crippen MR) is 63.6 cm³/mol. The van der Waals surface area contributed by atoms with Crippen molar-refractivity contribution in [2.24, 2.45) is 5.92 Å². The van der Waals surface area contributed by atoms with Crippen LogP contribution in [-0.4, -0.2) is 12.9 Å². The lowest BCUT2D eigenvalue weighted by atomic mass is 9.86. The molecule has 2 rings (SSSR count). The van der Waals surface area contributed by atoms with Crippen LogP contribution in [0.4, 0.5) is 4.39 Å². The molecule has 0 unspecified atom stereocenters. The Labute approximate surface area is 101 Å². The Kier molecular flexibility index (Phi) is 4.13. The van der Waals surface area contributed by atoms with Gasteiger partial charge in [0.05, 0.1) is 6.61 Å². The number of ether oxygens (including phenoxy) is 1. The molecule has 1 aliphatic rings. The number of halogens is 1. The van der Waals surface area contributed by atoms with Gasteiger partial charge in [-0.05, 0) is 42.9 Å². The highest BCUT2D eigenvalue weighted by molar-refractivity contribution is 5.50. The van der Waals surface area contributed by atoms with Crippen molar-refractivity contribution >= 4 is 6.29 Å². The summed E-state index contributed by atoms with van der Waals surface area (Å²) in [6, 6.07) is 4.94. The molecule has 1 fully saturated rings. The van der Waals surface area contributed by atoms with E-state index in [9.17, 15) is 9.18 Å². The molecular formula is C14H17FO2. The number of aryl methyl sites for hydroxylation is 1. The molecule has 0 aliphatic heterocycles. The van der Waals surface area contributed by atoms with Crippen LogP contribution in [0.1, 0.15) is 31.2 Å². The first kappa shape index (κ1) is 12.1. The summed E-state index contributed by atoms with van der Waals surface area (Å²) in [4.78, 5) is 10.2. The highest BCUT2D eigenvalue weighted by atomic mass is 19.1. The van der Waals surface area contributed by atoms with Crippen LogP contribution in [-0.2, 0) is 11.2 Å². The molecule has 1 aliphatic carbocycles. The Hall–Kier alpha value is -1.38. The second-order valence-corrected chi connectivity index (χ2v) is 4.58. The standard InChI is InChI=1S/C14H17FO2/c15-13-9-11(5-2-8-16)6-7-14(13)17-10-12-3-1-4-12/h6-9,12H,1-5,10H2. The average molecular weight is 236 g/mol. The molecule has 0 radical (unpaired) electrons. The van der Waals surface area contributed by atoms with Gasteiger partial charge in [-0.15, -0.1) is 0 Å². The zero-order valence-corrected chi connectivity index (χ0v) is 9.82. The van der Waals surface area contributed by atoms with Gasteiger partial charge in [0.1, 0.15) is 6.29 Å². The van der Waals surface area contributed by atoms with E-state index >= 15 is 0 Å². The molecule has 0 aromatic heterocycles. The minimum Gasteiger partial charge on any atom is -0.490 e. The molecule has 0 heterocycles. The molecule has 1 saturated carbocycles. The molecule has 0 bridgehead atoms. The smallest absolute Gasteiger partial charge is 0.165 e. The van der Waals surface area contributed by atoms with Crippen LogP contribution in [0.25, 0.3) is 0 Å². The van der Waals surface area contributed by atoms with Gasteiger partial charge in [0, 0.05) is 6.42 Å². The molecule has 3 heteroatoms. The zero-order valence-electron chi connectivity index (χ0n) is 9.82. The summed E-state index contributed by atoms with van der Waals surface area (Å²) in [6.45, 7) is 0.616. The van der Waals surface area contributed by atoms with Crippen molar-refractivity contribution in [3.8, 4) is 5.75 Å². The Balaban J connectivity index is 1.90. The maximum atomic E-state index is 13.6. The van der Waals surface area contributed by atoms with Gasteiger partial charge in [-0.25, -0.2) is 4.39 Å². The fourth-order valence-electron chi connectivity index (χ4n) is 1.91. The number of aldehydes is 1. The Morgan fingerprint density at radius 1 is 1.41 bits per heavy atom. The molecule has 0 atom stereocenters. The van der Waals surface area contributed by atoms with Crippen LogP contribution in [0.5, 0.6) is 5.75 Å². The lowest BCUT2D eigenvalue weighted by Crippen LogP contribution is -2.19. The van der Waals surface area contributed by atoms with Crippen molar-refractivity contribution in [2.45, 2.75) is 32.1 Å². The van der Waals surface area contributed by atoms with Crippen LogP contribution >= 0.6 is 0 Å². The van der Waals surface area contributed by atoms with Crippen molar-refractivity contribution in [3.63, 3.8) is 0 Å². The van der Waals surface area contributed by atoms with E-state index in [1.807, 2.05) is 6.07 Å². The maximum absolute atomic E-state index is 13.6. The van der Waals surface area contributed by atoms with Crippen molar-refractivity contribution < 1.29 is 13.9 Å². The van der Waals surface area contributed by atoms with Crippen molar-refractivity contribution in [3.05, 3.63) is 29.6 Å². The third kappa shape index (κ3) is 3.29. The largest absolute Gasteiger partial charge is 0.490 e. The van der Waals surface area contributed by atoms with Gasteiger partial charge < -0.3 is 9.53 Å². The first-order valence-corrected chi connectivity index (χ1v) is 6.14. The second-order valence-electron chi connectivity index (χ2n) is 4.58. The zero-order chi connectivity index (χ0) is 12.1. The number of hydrogen-bond acceptors (Lipinski definition) is 2. The number of carbonyl (C=O) groups excluding carboxylic acids is 1. The first-order chi connectivity index (χ1) is 8.29. The normalized spacial score (nSPS) is 15.4. The van der Waals surface area contributed by atoms with E-state index in [-0.39, 0.29) is 5.82 Å². The van der Waals surface area contributed by atoms with Gasteiger partial charge in [0.2, 0.25) is 0 Å². The Bertz CT molecular complexity index is 386. The van der Waals surface area contributed by atoms with Gasteiger partial charge in [-0.2, -0.15) is 0 Å². The predicted octanol–water partition coefficient (Wildman–Crippen LogP) is 3.14. The highest BCUT2D eigenvalue weighted by Crippen LogP contribution is 2.28. The molecule has 2 nitrogen and oxygen atoms in total. The monoisotopic (exact) mass is 236 g/mol. The van der Waals surface area contributed by atoms with Crippen LogP contribution in [0.3, 0.4) is 0 Å². The summed E-state index contributed by atoms with van der Waals surface area (Å²) >= 11 is 0. The number of rotatable bonds is 6. The number of hydrogen-bond donors (Lipinski definition) is 0. The molecule has 1 aromatic rings. The Morgan fingerprint density at radius 2 is 2.24 bits per heavy atom. The molecule has 17 heavy (non-hydrogen) atoms. The quantitative estimate of drug-likeness (QED) is 0.709. The van der Waals surface area contributed by atoms with Crippen LogP contribution in [0.2, 0.25) is 0 Å². The van der Waals surface area contributed by atoms with E-state index in [2.05, 4.69) is 0 Å². The molecule has 0 amide bonds. The van der Waals surface area contributed by atoms with E-state index in [4.69, 9.17) is 4.74 Å². The SMILES string of the molecule is O=CCCc1ccc(OCC2CCC2)c(F)c1. The molecular weight excluding hydrogens is 219 g/mol. The summed E-state index contributed by atoms with van der Waals surface area (Å²) in [7, 11) is 0. The molecule has 92 valence electrons. The first-order valence-electron chi connectivity index (χ1n) is 6.14. The third-order valence-corrected chi connectivity index (χ3v) is 3.25. The van der Waals surface area contributed by atoms with Crippen LogP contribution in [0, 0.1) is 11.7 Å². The fraction of sp³-hybridized carbons (Fsp3) is 0.500. The lowest BCUT2D eigenvalue weighted by Gasteiger charge is -2.25. The Morgan fingerprint density at radius 3 is 2.82 bits per heavy atom. The molecule has 0 saturated heterocycles. The van der Waals surface area contributed by atoms with E-state index in [0.29, 0.717) is 31.1 Å². The number of benzene rings is 1.